The molecule has 6 heteroatoms. The zero-order chi connectivity index (χ0) is 15.4. The van der Waals surface area contributed by atoms with Crippen LogP contribution in [0.25, 0.3) is 0 Å². The van der Waals surface area contributed by atoms with E-state index in [1.54, 1.807) is 12.1 Å². The second-order valence-electron chi connectivity index (χ2n) is 5.35. The maximum atomic E-state index is 12.1. The highest BCUT2D eigenvalue weighted by Gasteiger charge is 2.34. The van der Waals surface area contributed by atoms with Crippen LogP contribution in [-0.4, -0.2) is 29.1 Å². The largest absolute Gasteiger partial charge is 0.391 e. The Kier molecular flexibility index (Phi) is 5.20. The van der Waals surface area contributed by atoms with Gasteiger partial charge in [-0.2, -0.15) is 0 Å². The van der Waals surface area contributed by atoms with E-state index in [0.29, 0.717) is 11.6 Å². The Morgan fingerprint density at radius 2 is 1.95 bits per heavy atom. The van der Waals surface area contributed by atoms with Gasteiger partial charge < -0.3 is 15.7 Å². The van der Waals surface area contributed by atoms with Gasteiger partial charge >= 0.3 is 0 Å². The molecule has 2 atom stereocenters. The Labute approximate surface area is 128 Å². The van der Waals surface area contributed by atoms with E-state index in [4.69, 9.17) is 11.6 Å². The number of benzene rings is 1. The van der Waals surface area contributed by atoms with Gasteiger partial charge in [0.25, 0.3) is 0 Å². The van der Waals surface area contributed by atoms with E-state index in [9.17, 15) is 14.7 Å². The number of aliphatic hydroxyl groups excluding tert-OH is 1. The lowest BCUT2D eigenvalue weighted by Gasteiger charge is -2.20. The summed E-state index contributed by atoms with van der Waals surface area (Å²) in [5.74, 6) is -0.563. The smallest absolute Gasteiger partial charge is 0.245 e. The molecule has 0 heterocycles. The molecule has 2 rings (SSSR count). The highest BCUT2D eigenvalue weighted by molar-refractivity contribution is 6.30. The van der Waals surface area contributed by atoms with Crippen LogP contribution in [0.1, 0.15) is 25.3 Å². The topological polar surface area (TPSA) is 78.4 Å². The summed E-state index contributed by atoms with van der Waals surface area (Å²) in [4.78, 5) is 23.8. The van der Waals surface area contributed by atoms with Crippen LogP contribution < -0.4 is 10.6 Å². The van der Waals surface area contributed by atoms with Gasteiger partial charge in [0.05, 0.1) is 6.10 Å². The number of hydrogen-bond acceptors (Lipinski definition) is 3. The summed E-state index contributed by atoms with van der Waals surface area (Å²) in [6.45, 7) is 1.80. The van der Waals surface area contributed by atoms with E-state index < -0.39 is 18.1 Å². The molecular weight excluding hydrogens is 292 g/mol. The fraction of sp³-hybridized carbons (Fsp3) is 0.467. The zero-order valence-corrected chi connectivity index (χ0v) is 12.6. The number of aliphatic hydroxyl groups is 1. The molecular formula is C15H19ClN2O3. The second kappa shape index (κ2) is 6.91. The minimum Gasteiger partial charge on any atom is -0.391 e. The fourth-order valence-corrected chi connectivity index (χ4v) is 2.05. The summed E-state index contributed by atoms with van der Waals surface area (Å²) in [7, 11) is 0. The van der Waals surface area contributed by atoms with Gasteiger partial charge in [-0.15, -0.1) is 0 Å². The molecule has 2 unspecified atom stereocenters. The van der Waals surface area contributed by atoms with Crippen LogP contribution in [0.5, 0.6) is 0 Å². The molecule has 0 saturated heterocycles. The first kappa shape index (κ1) is 15.8. The standard InChI is InChI=1S/C15H19ClN2O3/c1-9(19)13(18-14(20)11-4-5-11)15(21)17-8-10-2-6-12(16)7-3-10/h2-3,6-7,9,11,13,19H,4-5,8H2,1H3,(H,17,21)(H,18,20). The molecule has 0 aliphatic heterocycles. The molecule has 1 fully saturated rings. The number of amides is 2. The molecule has 1 aliphatic carbocycles. The van der Waals surface area contributed by atoms with Gasteiger partial charge in [0, 0.05) is 17.5 Å². The van der Waals surface area contributed by atoms with Crippen molar-refractivity contribution in [1.29, 1.82) is 0 Å². The van der Waals surface area contributed by atoms with Crippen LogP contribution in [0.3, 0.4) is 0 Å². The van der Waals surface area contributed by atoms with Crippen molar-refractivity contribution in [2.45, 2.75) is 38.5 Å². The lowest BCUT2D eigenvalue weighted by atomic mass is 10.1. The summed E-state index contributed by atoms with van der Waals surface area (Å²) >= 11 is 5.79. The van der Waals surface area contributed by atoms with Crippen molar-refractivity contribution in [3.8, 4) is 0 Å². The van der Waals surface area contributed by atoms with E-state index >= 15 is 0 Å². The van der Waals surface area contributed by atoms with Crippen molar-refractivity contribution in [1.82, 2.24) is 10.6 Å². The van der Waals surface area contributed by atoms with Gasteiger partial charge in [-0.3, -0.25) is 9.59 Å². The van der Waals surface area contributed by atoms with Crippen LogP contribution >= 0.6 is 11.6 Å². The lowest BCUT2D eigenvalue weighted by Crippen LogP contribution is -2.52. The molecule has 0 spiro atoms. The van der Waals surface area contributed by atoms with E-state index in [1.165, 1.54) is 6.92 Å². The van der Waals surface area contributed by atoms with Crippen molar-refractivity contribution in [3.63, 3.8) is 0 Å². The molecule has 1 aliphatic rings. The fourth-order valence-electron chi connectivity index (χ4n) is 1.92. The first-order valence-electron chi connectivity index (χ1n) is 6.98. The molecule has 0 radical (unpaired) electrons. The Morgan fingerprint density at radius 3 is 2.48 bits per heavy atom. The molecule has 0 aromatic heterocycles. The normalized spacial score (nSPS) is 16.9. The highest BCUT2D eigenvalue weighted by Crippen LogP contribution is 2.28. The second-order valence-corrected chi connectivity index (χ2v) is 5.78. The number of rotatable bonds is 6. The third-order valence-electron chi connectivity index (χ3n) is 3.39. The van der Waals surface area contributed by atoms with Gasteiger partial charge in [-0.05, 0) is 37.5 Å². The molecule has 1 aromatic rings. The summed E-state index contributed by atoms with van der Waals surface area (Å²) in [5, 5.41) is 15.6. The number of carbonyl (C=O) groups is 2. The Morgan fingerprint density at radius 1 is 1.33 bits per heavy atom. The third kappa shape index (κ3) is 4.72. The molecule has 21 heavy (non-hydrogen) atoms. The van der Waals surface area contributed by atoms with E-state index in [1.807, 2.05) is 12.1 Å². The molecule has 1 saturated carbocycles. The third-order valence-corrected chi connectivity index (χ3v) is 3.64. The summed E-state index contributed by atoms with van der Waals surface area (Å²) in [5.41, 5.74) is 0.894. The number of nitrogens with one attached hydrogen (secondary N) is 2. The predicted molar refractivity (Wildman–Crippen MR) is 79.6 cm³/mol. The van der Waals surface area contributed by atoms with Crippen molar-refractivity contribution in [2.75, 3.05) is 0 Å². The minimum absolute atomic E-state index is 0.00434. The van der Waals surface area contributed by atoms with Crippen molar-refractivity contribution in [3.05, 3.63) is 34.9 Å². The van der Waals surface area contributed by atoms with Crippen LogP contribution in [0.2, 0.25) is 5.02 Å². The van der Waals surface area contributed by atoms with E-state index in [-0.39, 0.29) is 11.8 Å². The van der Waals surface area contributed by atoms with E-state index in [2.05, 4.69) is 10.6 Å². The maximum absolute atomic E-state index is 12.1. The van der Waals surface area contributed by atoms with Gasteiger partial charge in [-0.1, -0.05) is 23.7 Å². The Hall–Kier alpha value is -1.59. The zero-order valence-electron chi connectivity index (χ0n) is 11.8. The maximum Gasteiger partial charge on any atom is 0.245 e. The van der Waals surface area contributed by atoms with Crippen molar-refractivity contribution >= 4 is 23.4 Å². The van der Waals surface area contributed by atoms with Gasteiger partial charge in [0.1, 0.15) is 6.04 Å². The Bertz CT molecular complexity index is 512. The number of hydrogen-bond donors (Lipinski definition) is 3. The van der Waals surface area contributed by atoms with Crippen LogP contribution in [0, 0.1) is 5.92 Å². The first-order valence-corrected chi connectivity index (χ1v) is 7.36. The first-order chi connectivity index (χ1) is 9.97. The summed E-state index contributed by atoms with van der Waals surface area (Å²) in [6.07, 6.45) is 0.758. The minimum atomic E-state index is -0.946. The Balaban J connectivity index is 1.88. The molecule has 2 amide bonds. The monoisotopic (exact) mass is 310 g/mol. The van der Waals surface area contributed by atoms with Gasteiger partial charge in [-0.25, -0.2) is 0 Å². The van der Waals surface area contributed by atoms with Gasteiger partial charge in [0.15, 0.2) is 0 Å². The quantitative estimate of drug-likeness (QED) is 0.739. The molecule has 1 aromatic carbocycles. The average molecular weight is 311 g/mol. The molecule has 3 N–H and O–H groups in total. The van der Waals surface area contributed by atoms with Crippen LogP contribution in [0.4, 0.5) is 0 Å². The summed E-state index contributed by atoms with van der Waals surface area (Å²) < 4.78 is 0. The van der Waals surface area contributed by atoms with Crippen molar-refractivity contribution in [2.24, 2.45) is 5.92 Å². The average Bonchev–Trinajstić information content (AvgIpc) is 3.27. The summed E-state index contributed by atoms with van der Waals surface area (Å²) in [6, 6.07) is 6.17. The number of carbonyl (C=O) groups excluding carboxylic acids is 2. The van der Waals surface area contributed by atoms with E-state index in [0.717, 1.165) is 18.4 Å². The predicted octanol–water partition coefficient (Wildman–Crippen LogP) is 1.23. The molecule has 114 valence electrons. The van der Waals surface area contributed by atoms with Crippen LogP contribution in [-0.2, 0) is 16.1 Å². The molecule has 5 nitrogen and oxygen atoms in total. The SMILES string of the molecule is CC(O)C(NC(=O)C1CC1)C(=O)NCc1ccc(Cl)cc1. The highest BCUT2D eigenvalue weighted by atomic mass is 35.5. The van der Waals surface area contributed by atoms with Gasteiger partial charge in [0.2, 0.25) is 11.8 Å². The van der Waals surface area contributed by atoms with Crippen molar-refractivity contribution < 1.29 is 14.7 Å². The lowest BCUT2D eigenvalue weighted by molar-refractivity contribution is -0.132. The number of halogens is 1. The van der Waals surface area contributed by atoms with Crippen LogP contribution in [0.15, 0.2) is 24.3 Å². The molecule has 0 bridgehead atoms.